The molecule has 0 aliphatic heterocycles. The number of nitrogen functional groups attached to an aromatic ring is 1. The molecule has 0 fully saturated rings. The summed E-state index contributed by atoms with van der Waals surface area (Å²) in [6.45, 7) is -0.563. The molecule has 0 atom stereocenters. The summed E-state index contributed by atoms with van der Waals surface area (Å²) in [5, 5.41) is 4.93. The van der Waals surface area contributed by atoms with Gasteiger partial charge in [0.1, 0.15) is 5.69 Å². The average Bonchev–Trinajstić information content (AvgIpc) is 3.29. The first-order chi connectivity index (χ1) is 17.8. The molecule has 37 heavy (non-hydrogen) atoms. The number of fused-ring (bicyclic) bond motifs is 1. The van der Waals surface area contributed by atoms with Crippen LogP contribution in [0.2, 0.25) is 0 Å². The molecular weight excluding hydrogens is 492 g/mol. The van der Waals surface area contributed by atoms with Gasteiger partial charge in [0.15, 0.2) is 29.0 Å². The smallest absolute Gasteiger partial charge is 0.204 e. The second-order valence-electron chi connectivity index (χ2n) is 7.52. The summed E-state index contributed by atoms with van der Waals surface area (Å²) in [7, 11) is 2.39. The fourth-order valence-corrected chi connectivity index (χ4v) is 3.45. The molecule has 0 saturated carbocycles. The highest BCUT2D eigenvalue weighted by Crippen LogP contribution is 2.32. The number of aromatic nitrogens is 5. The molecular formula is C25H20F4N6O2. The van der Waals surface area contributed by atoms with E-state index in [0.717, 1.165) is 12.8 Å². The fourth-order valence-electron chi connectivity index (χ4n) is 3.45. The maximum absolute atomic E-state index is 14.4. The number of rotatable bonds is 5. The molecule has 0 saturated heterocycles. The molecule has 0 unspecified atom stereocenters. The third-order valence-corrected chi connectivity index (χ3v) is 5.27. The van der Waals surface area contributed by atoms with E-state index in [9.17, 15) is 17.6 Å². The van der Waals surface area contributed by atoms with Crippen molar-refractivity contribution >= 4 is 16.6 Å². The highest BCUT2D eigenvalue weighted by molar-refractivity contribution is 5.91. The number of benzene rings is 2. The number of ether oxygens (including phenoxy) is 2. The topological polar surface area (TPSA) is 101 Å². The van der Waals surface area contributed by atoms with Gasteiger partial charge in [-0.3, -0.25) is 9.67 Å². The van der Waals surface area contributed by atoms with Crippen LogP contribution in [0.15, 0.2) is 61.2 Å². The maximum atomic E-state index is 14.4. The van der Waals surface area contributed by atoms with Crippen molar-refractivity contribution in [3.8, 4) is 23.0 Å². The Morgan fingerprint density at radius 2 is 1.46 bits per heavy atom. The van der Waals surface area contributed by atoms with Crippen LogP contribution in [0.4, 0.5) is 23.2 Å². The molecule has 3 aromatic heterocycles. The molecule has 8 nitrogen and oxygen atoms in total. The quantitative estimate of drug-likeness (QED) is 0.267. The zero-order valence-corrected chi connectivity index (χ0v) is 19.6. The number of nitrogens with two attached hydrogens (primary N) is 1. The molecule has 3 heterocycles. The van der Waals surface area contributed by atoms with Crippen LogP contribution in [0.5, 0.6) is 11.5 Å². The molecule has 5 aromatic rings. The normalized spacial score (nSPS) is 10.6. The van der Waals surface area contributed by atoms with Crippen molar-refractivity contribution in [3.05, 3.63) is 90.0 Å². The zero-order chi connectivity index (χ0) is 26.5. The molecule has 2 aromatic carbocycles. The van der Waals surface area contributed by atoms with Crippen LogP contribution in [-0.4, -0.2) is 39.0 Å². The summed E-state index contributed by atoms with van der Waals surface area (Å²) in [5.41, 5.74) is 6.07. The van der Waals surface area contributed by atoms with E-state index in [4.69, 9.17) is 10.5 Å². The highest BCUT2D eigenvalue weighted by atomic mass is 19.2. The van der Waals surface area contributed by atoms with Gasteiger partial charge >= 0.3 is 0 Å². The number of para-hydroxylation sites is 1. The number of pyridine rings is 1. The lowest BCUT2D eigenvalue weighted by Crippen LogP contribution is -2.11. The lowest BCUT2D eigenvalue weighted by Gasteiger charge is -2.11. The minimum atomic E-state index is -1.61. The third kappa shape index (κ3) is 5.13. The first-order valence-electron chi connectivity index (χ1n) is 10.7. The van der Waals surface area contributed by atoms with Crippen molar-refractivity contribution in [3.63, 3.8) is 0 Å². The molecule has 190 valence electrons. The molecule has 0 aliphatic rings. The first-order valence-corrected chi connectivity index (χ1v) is 10.7. The zero-order valence-electron chi connectivity index (χ0n) is 19.6. The Morgan fingerprint density at radius 1 is 0.838 bits per heavy atom. The molecule has 0 amide bonds. The largest absolute Gasteiger partial charge is 0.494 e. The number of nitrogens with zero attached hydrogens (tertiary/aromatic N) is 5. The second-order valence-corrected chi connectivity index (χ2v) is 7.52. The predicted octanol–water partition coefficient (Wildman–Crippen LogP) is 4.78. The Balaban J connectivity index is 0.000000396. The second kappa shape index (κ2) is 10.9. The van der Waals surface area contributed by atoms with E-state index in [2.05, 4.69) is 24.8 Å². The van der Waals surface area contributed by atoms with Crippen LogP contribution < -0.4 is 15.2 Å². The third-order valence-electron chi connectivity index (χ3n) is 5.27. The number of hydrogen-bond acceptors (Lipinski definition) is 7. The van der Waals surface area contributed by atoms with Gasteiger partial charge in [-0.2, -0.15) is 13.9 Å². The van der Waals surface area contributed by atoms with E-state index >= 15 is 0 Å². The van der Waals surface area contributed by atoms with Crippen molar-refractivity contribution in [2.24, 2.45) is 0 Å². The first kappa shape index (κ1) is 25.4. The van der Waals surface area contributed by atoms with Gasteiger partial charge in [-0.1, -0.05) is 18.2 Å². The molecule has 2 N–H and O–H groups in total. The van der Waals surface area contributed by atoms with Gasteiger partial charge in [0, 0.05) is 23.5 Å². The van der Waals surface area contributed by atoms with E-state index < -0.39 is 41.1 Å². The van der Waals surface area contributed by atoms with Crippen molar-refractivity contribution < 1.29 is 27.0 Å². The summed E-state index contributed by atoms with van der Waals surface area (Å²) in [6.07, 6.45) is 6.22. The molecule has 0 aliphatic carbocycles. The summed E-state index contributed by atoms with van der Waals surface area (Å²) in [6, 6.07) is 10.3. The van der Waals surface area contributed by atoms with Crippen LogP contribution in [0.25, 0.3) is 22.4 Å². The van der Waals surface area contributed by atoms with Crippen LogP contribution >= 0.6 is 0 Å². The lowest BCUT2D eigenvalue weighted by molar-refractivity contribution is 0.327. The van der Waals surface area contributed by atoms with E-state index in [-0.39, 0.29) is 5.82 Å². The standard InChI is InChI=1S/C20H14F4N4O2.C5H6N2/c1-29-10-7-25-20(26-8-10)18-11-5-3-4-6-13(11)28(27-18)9-12-14(21)16(23)19(30-2)17(24)15(12)22;6-5-1-3-7-4-2-5/h3-8H,9H2,1-2H3;1-4H,(H2,6,7). The molecule has 5 rings (SSSR count). The number of hydrogen-bond donors (Lipinski definition) is 1. The van der Waals surface area contributed by atoms with Crippen molar-refractivity contribution in [2.75, 3.05) is 20.0 Å². The Bertz CT molecular complexity index is 1500. The van der Waals surface area contributed by atoms with E-state index in [1.165, 1.54) is 24.2 Å². The summed E-state index contributed by atoms with van der Waals surface area (Å²) in [5.74, 6) is -6.75. The predicted molar refractivity (Wildman–Crippen MR) is 128 cm³/mol. The Labute approximate surface area is 208 Å². The van der Waals surface area contributed by atoms with Crippen molar-refractivity contribution in [1.29, 1.82) is 0 Å². The summed E-state index contributed by atoms with van der Waals surface area (Å²) in [4.78, 5) is 12.1. The van der Waals surface area contributed by atoms with Gasteiger partial charge in [0.2, 0.25) is 11.6 Å². The number of methoxy groups -OCH3 is 2. The Morgan fingerprint density at radius 3 is 2.00 bits per heavy atom. The molecule has 0 radical (unpaired) electrons. The van der Waals surface area contributed by atoms with E-state index in [1.807, 2.05) is 0 Å². The van der Waals surface area contributed by atoms with Crippen LogP contribution in [-0.2, 0) is 6.54 Å². The minimum Gasteiger partial charge on any atom is -0.494 e. The Hall–Kier alpha value is -4.74. The van der Waals surface area contributed by atoms with Crippen LogP contribution in [0.1, 0.15) is 5.56 Å². The molecule has 0 spiro atoms. The average molecular weight is 512 g/mol. The van der Waals surface area contributed by atoms with Crippen LogP contribution in [0.3, 0.4) is 0 Å². The number of anilines is 1. The monoisotopic (exact) mass is 512 g/mol. The van der Waals surface area contributed by atoms with E-state index in [1.54, 1.807) is 48.8 Å². The van der Waals surface area contributed by atoms with Gasteiger partial charge in [-0.05, 0) is 18.2 Å². The Kier molecular flexibility index (Phi) is 7.47. The van der Waals surface area contributed by atoms with Crippen LogP contribution in [0, 0.1) is 23.3 Å². The minimum absolute atomic E-state index is 0.249. The maximum Gasteiger partial charge on any atom is 0.204 e. The van der Waals surface area contributed by atoms with E-state index in [0.29, 0.717) is 22.3 Å². The fraction of sp³-hybridized carbons (Fsp3) is 0.120. The highest BCUT2D eigenvalue weighted by Gasteiger charge is 2.27. The SMILES string of the molecule is COc1cnc(-c2nn(Cc3c(F)c(F)c(OC)c(F)c3F)c3ccccc23)nc1.Nc1ccncc1. The van der Waals surface area contributed by atoms with Gasteiger partial charge in [0.05, 0.1) is 44.2 Å². The van der Waals surface area contributed by atoms with Gasteiger partial charge in [-0.15, -0.1) is 0 Å². The van der Waals surface area contributed by atoms with Crippen molar-refractivity contribution in [2.45, 2.75) is 6.54 Å². The summed E-state index contributed by atoms with van der Waals surface area (Å²) >= 11 is 0. The lowest BCUT2D eigenvalue weighted by atomic mass is 10.1. The van der Waals surface area contributed by atoms with Gasteiger partial charge < -0.3 is 15.2 Å². The summed E-state index contributed by atoms with van der Waals surface area (Å²) < 4.78 is 67.8. The van der Waals surface area contributed by atoms with Gasteiger partial charge in [0.25, 0.3) is 0 Å². The van der Waals surface area contributed by atoms with Crippen molar-refractivity contribution in [1.82, 2.24) is 24.7 Å². The molecule has 12 heteroatoms. The molecule has 0 bridgehead atoms. The number of halogens is 4. The van der Waals surface area contributed by atoms with Gasteiger partial charge in [-0.25, -0.2) is 18.7 Å².